The van der Waals surface area contributed by atoms with Crippen LogP contribution in [0.15, 0.2) is 34.7 Å². The highest BCUT2D eigenvalue weighted by Gasteiger charge is 2.25. The second kappa shape index (κ2) is 7.85. The van der Waals surface area contributed by atoms with E-state index in [4.69, 9.17) is 9.47 Å². The molecule has 1 saturated heterocycles. The molecule has 4 rings (SSSR count). The van der Waals surface area contributed by atoms with Crippen LogP contribution in [0.25, 0.3) is 21.3 Å². The first kappa shape index (κ1) is 18.8. The molecule has 7 heteroatoms. The Morgan fingerprint density at radius 1 is 1.36 bits per heavy atom. The van der Waals surface area contributed by atoms with Gasteiger partial charge < -0.3 is 9.47 Å². The predicted octanol–water partition coefficient (Wildman–Crippen LogP) is 3.46. The largest absolute Gasteiger partial charge is 0.462 e. The number of hydrogen-bond donors (Lipinski definition) is 0. The lowest BCUT2D eigenvalue weighted by atomic mass is 9.99. The van der Waals surface area contributed by atoms with Crippen LogP contribution in [0.1, 0.15) is 24.0 Å². The summed E-state index contributed by atoms with van der Waals surface area (Å²) >= 11 is 1.46. The number of rotatable bonds is 5. The van der Waals surface area contributed by atoms with Gasteiger partial charge in [-0.25, -0.2) is 9.78 Å². The van der Waals surface area contributed by atoms with Crippen molar-refractivity contribution < 1.29 is 14.3 Å². The Hall–Kier alpha value is -2.51. The standard InChI is InChI=1S/C21H22N2O4S/c1-13-5-6-15(14(2)10-13)16-11-28-19-18(16)20(24)23(12-22-19)7-9-27-21(25)17-4-3-8-26-17/h5-6,10-12,17H,3-4,7-9H2,1-2H3. The van der Waals surface area contributed by atoms with E-state index >= 15 is 0 Å². The van der Waals surface area contributed by atoms with E-state index in [2.05, 4.69) is 18.0 Å². The minimum atomic E-state index is -0.467. The molecule has 1 aliphatic heterocycles. The van der Waals surface area contributed by atoms with Crippen molar-refractivity contribution in [3.8, 4) is 11.1 Å². The van der Waals surface area contributed by atoms with Gasteiger partial charge in [0.25, 0.3) is 5.56 Å². The van der Waals surface area contributed by atoms with E-state index in [0.29, 0.717) is 23.2 Å². The molecular weight excluding hydrogens is 376 g/mol. The van der Waals surface area contributed by atoms with Crippen LogP contribution >= 0.6 is 11.3 Å². The first-order chi connectivity index (χ1) is 13.5. The molecule has 0 N–H and O–H groups in total. The van der Waals surface area contributed by atoms with Crippen LogP contribution in [0.3, 0.4) is 0 Å². The topological polar surface area (TPSA) is 70.4 Å². The number of hydrogen-bond acceptors (Lipinski definition) is 6. The molecule has 3 aromatic rings. The first-order valence-corrected chi connectivity index (χ1v) is 10.2. The average Bonchev–Trinajstić information content (AvgIpc) is 3.34. The summed E-state index contributed by atoms with van der Waals surface area (Å²) in [5.41, 5.74) is 4.14. The summed E-state index contributed by atoms with van der Waals surface area (Å²) in [7, 11) is 0. The second-order valence-electron chi connectivity index (χ2n) is 7.06. The van der Waals surface area contributed by atoms with Gasteiger partial charge in [0, 0.05) is 17.6 Å². The van der Waals surface area contributed by atoms with Gasteiger partial charge in [-0.3, -0.25) is 9.36 Å². The molecule has 0 aliphatic carbocycles. The number of benzene rings is 1. The Bertz CT molecular complexity index is 1080. The highest BCUT2D eigenvalue weighted by atomic mass is 32.1. The summed E-state index contributed by atoms with van der Waals surface area (Å²) in [6.07, 6.45) is 2.62. The van der Waals surface area contributed by atoms with Gasteiger partial charge in [0.15, 0.2) is 6.10 Å². The SMILES string of the molecule is Cc1ccc(-c2csc3ncn(CCOC(=O)C4CCCO4)c(=O)c23)c(C)c1. The Morgan fingerprint density at radius 2 is 2.21 bits per heavy atom. The molecule has 1 aliphatic rings. The first-order valence-electron chi connectivity index (χ1n) is 9.37. The fourth-order valence-electron chi connectivity index (χ4n) is 3.54. The number of esters is 1. The molecule has 3 heterocycles. The Morgan fingerprint density at radius 3 is 2.96 bits per heavy atom. The fourth-order valence-corrected chi connectivity index (χ4v) is 4.44. The van der Waals surface area contributed by atoms with Crippen molar-refractivity contribution in [1.82, 2.24) is 9.55 Å². The zero-order chi connectivity index (χ0) is 19.7. The third-order valence-electron chi connectivity index (χ3n) is 5.00. The molecule has 0 saturated carbocycles. The van der Waals surface area contributed by atoms with Gasteiger partial charge in [-0.05, 0) is 37.8 Å². The van der Waals surface area contributed by atoms with Crippen LogP contribution in [-0.2, 0) is 20.8 Å². The number of carbonyl (C=O) groups is 1. The van der Waals surface area contributed by atoms with Crippen molar-refractivity contribution >= 4 is 27.5 Å². The molecule has 1 aromatic carbocycles. The number of aromatic nitrogens is 2. The normalized spacial score (nSPS) is 16.6. The van der Waals surface area contributed by atoms with E-state index in [1.165, 1.54) is 27.8 Å². The van der Waals surface area contributed by atoms with Gasteiger partial charge in [-0.1, -0.05) is 23.8 Å². The molecular formula is C21H22N2O4S. The number of thiophene rings is 1. The quantitative estimate of drug-likeness (QED) is 0.616. The third-order valence-corrected chi connectivity index (χ3v) is 5.89. The molecule has 2 aromatic heterocycles. The van der Waals surface area contributed by atoms with Gasteiger partial charge in [0.05, 0.1) is 18.3 Å². The minimum absolute atomic E-state index is 0.116. The van der Waals surface area contributed by atoms with Crippen molar-refractivity contribution in [2.45, 2.75) is 39.3 Å². The van der Waals surface area contributed by atoms with Gasteiger partial charge in [0.1, 0.15) is 11.4 Å². The minimum Gasteiger partial charge on any atom is -0.462 e. The number of carbonyl (C=O) groups excluding carboxylic acids is 1. The van der Waals surface area contributed by atoms with E-state index in [1.807, 2.05) is 24.4 Å². The third kappa shape index (κ3) is 3.59. The molecule has 0 bridgehead atoms. The molecule has 1 atom stereocenters. The lowest BCUT2D eigenvalue weighted by molar-refractivity contribution is -0.154. The Balaban J connectivity index is 1.58. The zero-order valence-electron chi connectivity index (χ0n) is 15.9. The van der Waals surface area contributed by atoms with Gasteiger partial charge in [-0.2, -0.15) is 0 Å². The molecule has 28 heavy (non-hydrogen) atoms. The van der Waals surface area contributed by atoms with Crippen molar-refractivity contribution in [3.05, 3.63) is 51.4 Å². The maximum Gasteiger partial charge on any atom is 0.335 e. The monoisotopic (exact) mass is 398 g/mol. The zero-order valence-corrected chi connectivity index (χ0v) is 16.8. The van der Waals surface area contributed by atoms with E-state index in [0.717, 1.165) is 23.1 Å². The summed E-state index contributed by atoms with van der Waals surface area (Å²) in [5, 5.41) is 2.60. The van der Waals surface area contributed by atoms with Crippen LogP contribution < -0.4 is 5.56 Å². The molecule has 0 radical (unpaired) electrons. The Kier molecular flexibility index (Phi) is 5.28. The Labute approximate surface area is 166 Å². The smallest absolute Gasteiger partial charge is 0.335 e. The van der Waals surface area contributed by atoms with Gasteiger partial charge >= 0.3 is 5.97 Å². The lowest BCUT2D eigenvalue weighted by Crippen LogP contribution is -2.27. The summed E-state index contributed by atoms with van der Waals surface area (Å²) < 4.78 is 12.1. The molecule has 0 spiro atoms. The van der Waals surface area contributed by atoms with Crippen LogP contribution in [-0.4, -0.2) is 34.8 Å². The fraction of sp³-hybridized carbons (Fsp3) is 0.381. The molecule has 1 fully saturated rings. The van der Waals surface area contributed by atoms with Gasteiger partial charge in [0.2, 0.25) is 0 Å². The highest BCUT2D eigenvalue weighted by Crippen LogP contribution is 2.32. The summed E-state index contributed by atoms with van der Waals surface area (Å²) in [6, 6.07) is 6.20. The predicted molar refractivity (Wildman–Crippen MR) is 109 cm³/mol. The molecule has 146 valence electrons. The van der Waals surface area contributed by atoms with E-state index in [-0.39, 0.29) is 24.7 Å². The van der Waals surface area contributed by atoms with Crippen LogP contribution in [0, 0.1) is 13.8 Å². The average molecular weight is 398 g/mol. The summed E-state index contributed by atoms with van der Waals surface area (Å²) in [6.45, 7) is 5.08. The summed E-state index contributed by atoms with van der Waals surface area (Å²) in [4.78, 5) is 30.1. The van der Waals surface area contributed by atoms with E-state index < -0.39 is 6.10 Å². The lowest BCUT2D eigenvalue weighted by Gasteiger charge is -2.11. The van der Waals surface area contributed by atoms with Crippen molar-refractivity contribution in [1.29, 1.82) is 0 Å². The highest BCUT2D eigenvalue weighted by molar-refractivity contribution is 7.17. The van der Waals surface area contributed by atoms with E-state index in [1.54, 1.807) is 0 Å². The van der Waals surface area contributed by atoms with E-state index in [9.17, 15) is 9.59 Å². The molecule has 0 amide bonds. The van der Waals surface area contributed by atoms with Crippen LogP contribution in [0.2, 0.25) is 0 Å². The second-order valence-corrected chi connectivity index (χ2v) is 7.92. The summed E-state index contributed by atoms with van der Waals surface area (Å²) in [5.74, 6) is -0.355. The number of ether oxygens (including phenoxy) is 2. The van der Waals surface area contributed by atoms with Crippen molar-refractivity contribution in [2.24, 2.45) is 0 Å². The number of aryl methyl sites for hydroxylation is 2. The van der Waals surface area contributed by atoms with Gasteiger partial charge in [-0.15, -0.1) is 11.3 Å². The maximum atomic E-state index is 13.1. The number of nitrogens with zero attached hydrogens (tertiary/aromatic N) is 2. The molecule has 1 unspecified atom stereocenters. The molecule has 6 nitrogen and oxygen atoms in total. The maximum absolute atomic E-state index is 13.1. The van der Waals surface area contributed by atoms with Crippen molar-refractivity contribution in [2.75, 3.05) is 13.2 Å². The van der Waals surface area contributed by atoms with Crippen LogP contribution in [0.4, 0.5) is 0 Å². The van der Waals surface area contributed by atoms with Crippen LogP contribution in [0.5, 0.6) is 0 Å². The number of fused-ring (bicyclic) bond motifs is 1. The van der Waals surface area contributed by atoms with Crippen molar-refractivity contribution in [3.63, 3.8) is 0 Å².